The first-order valence-corrected chi connectivity index (χ1v) is 9.09. The van der Waals surface area contributed by atoms with Gasteiger partial charge >= 0.3 is 0 Å². The van der Waals surface area contributed by atoms with Crippen LogP contribution in [0.3, 0.4) is 0 Å². The number of carbonyl (C=O) groups is 1. The van der Waals surface area contributed by atoms with Crippen LogP contribution in [-0.2, 0) is 10.0 Å². The Morgan fingerprint density at radius 2 is 1.96 bits per heavy atom. The fraction of sp³-hybridized carbons (Fsp3) is 0.533. The van der Waals surface area contributed by atoms with Gasteiger partial charge in [-0.15, -0.1) is 12.4 Å². The molecule has 1 aliphatic heterocycles. The van der Waals surface area contributed by atoms with E-state index in [4.69, 9.17) is 5.73 Å². The fourth-order valence-corrected chi connectivity index (χ4v) is 3.74. The molecular formula is C15H24ClN3O3S. The third kappa shape index (κ3) is 4.83. The quantitative estimate of drug-likeness (QED) is 0.795. The zero-order valence-electron chi connectivity index (χ0n) is 13.4. The molecule has 8 heteroatoms. The largest absolute Gasteiger partial charge is 0.399 e. The number of sulfonamides is 1. The molecule has 1 fully saturated rings. The Bertz CT molecular complexity index is 656. The molecule has 0 aromatic heterocycles. The van der Waals surface area contributed by atoms with Gasteiger partial charge in [0, 0.05) is 30.4 Å². The van der Waals surface area contributed by atoms with Crippen molar-refractivity contribution in [3.05, 3.63) is 29.3 Å². The van der Waals surface area contributed by atoms with Gasteiger partial charge < -0.3 is 11.1 Å². The van der Waals surface area contributed by atoms with E-state index in [9.17, 15) is 13.2 Å². The number of hydrogen-bond donors (Lipinski definition) is 2. The van der Waals surface area contributed by atoms with Crippen molar-refractivity contribution >= 4 is 34.0 Å². The second-order valence-corrected chi connectivity index (χ2v) is 7.88. The van der Waals surface area contributed by atoms with Crippen LogP contribution in [0.15, 0.2) is 18.2 Å². The molecular weight excluding hydrogens is 338 g/mol. The van der Waals surface area contributed by atoms with Crippen molar-refractivity contribution in [3.63, 3.8) is 0 Å². The summed E-state index contributed by atoms with van der Waals surface area (Å²) >= 11 is 0. The maximum Gasteiger partial charge on any atom is 0.251 e. The first-order valence-electron chi connectivity index (χ1n) is 7.48. The summed E-state index contributed by atoms with van der Waals surface area (Å²) in [4.78, 5) is 12.3. The Hall–Kier alpha value is -1.31. The number of benzene rings is 1. The third-order valence-corrected chi connectivity index (χ3v) is 5.94. The highest BCUT2D eigenvalue weighted by molar-refractivity contribution is 7.89. The number of rotatable bonds is 4. The van der Waals surface area contributed by atoms with Crippen molar-refractivity contribution in [2.24, 2.45) is 0 Å². The Kier molecular flexibility index (Phi) is 6.85. The van der Waals surface area contributed by atoms with Gasteiger partial charge in [-0.25, -0.2) is 12.7 Å². The number of nitrogen functional groups attached to an aromatic ring is 1. The number of piperidine rings is 1. The van der Waals surface area contributed by atoms with E-state index < -0.39 is 10.0 Å². The number of carbonyl (C=O) groups excluding carboxylic acids is 1. The molecule has 0 saturated carbocycles. The first kappa shape index (κ1) is 19.7. The smallest absolute Gasteiger partial charge is 0.251 e. The maximum absolute atomic E-state index is 12.3. The first-order chi connectivity index (χ1) is 10.3. The molecule has 2 rings (SSSR count). The average molecular weight is 362 g/mol. The van der Waals surface area contributed by atoms with Crippen LogP contribution in [0, 0.1) is 6.92 Å². The number of hydrogen-bond acceptors (Lipinski definition) is 4. The maximum atomic E-state index is 12.3. The number of nitrogens with one attached hydrogen (secondary N) is 1. The second kappa shape index (κ2) is 7.99. The van der Waals surface area contributed by atoms with Gasteiger partial charge in [0.05, 0.1) is 5.75 Å². The molecule has 1 saturated heterocycles. The van der Waals surface area contributed by atoms with E-state index in [0.717, 1.165) is 5.56 Å². The van der Waals surface area contributed by atoms with Crippen molar-refractivity contribution < 1.29 is 13.2 Å². The van der Waals surface area contributed by atoms with Gasteiger partial charge in [0.15, 0.2) is 0 Å². The van der Waals surface area contributed by atoms with Crippen molar-refractivity contribution in [2.45, 2.75) is 32.7 Å². The zero-order chi connectivity index (χ0) is 16.3. The fourth-order valence-electron chi connectivity index (χ4n) is 2.61. The molecule has 0 bridgehead atoms. The van der Waals surface area contributed by atoms with E-state index in [0.29, 0.717) is 37.2 Å². The minimum absolute atomic E-state index is 0. The highest BCUT2D eigenvalue weighted by atomic mass is 35.5. The van der Waals surface area contributed by atoms with Crippen molar-refractivity contribution in [2.75, 3.05) is 24.6 Å². The summed E-state index contributed by atoms with van der Waals surface area (Å²) in [6.07, 6.45) is 1.26. The van der Waals surface area contributed by atoms with E-state index in [1.54, 1.807) is 19.1 Å². The molecule has 1 aromatic carbocycles. The van der Waals surface area contributed by atoms with Crippen molar-refractivity contribution in [3.8, 4) is 0 Å². The van der Waals surface area contributed by atoms with Gasteiger partial charge in [-0.2, -0.15) is 0 Å². The van der Waals surface area contributed by atoms with Gasteiger partial charge in [0.1, 0.15) is 0 Å². The van der Waals surface area contributed by atoms with E-state index in [1.165, 1.54) is 4.31 Å². The molecule has 3 N–H and O–H groups in total. The number of aryl methyl sites for hydroxylation is 1. The minimum atomic E-state index is -3.13. The number of anilines is 1. The molecule has 0 atom stereocenters. The molecule has 0 radical (unpaired) electrons. The lowest BCUT2D eigenvalue weighted by molar-refractivity contribution is 0.0923. The van der Waals surface area contributed by atoms with Crippen LogP contribution >= 0.6 is 12.4 Å². The lowest BCUT2D eigenvalue weighted by atomic mass is 10.0. The summed E-state index contributed by atoms with van der Waals surface area (Å²) in [5.41, 5.74) is 7.73. The van der Waals surface area contributed by atoms with Crippen molar-refractivity contribution in [1.29, 1.82) is 0 Å². The molecule has 6 nitrogen and oxygen atoms in total. The van der Waals surface area contributed by atoms with Gasteiger partial charge in [-0.3, -0.25) is 4.79 Å². The van der Waals surface area contributed by atoms with Crippen LogP contribution < -0.4 is 11.1 Å². The molecule has 1 heterocycles. The average Bonchev–Trinajstić information content (AvgIpc) is 2.50. The van der Waals surface area contributed by atoms with Crippen molar-refractivity contribution in [1.82, 2.24) is 9.62 Å². The Balaban J connectivity index is 0.00000264. The van der Waals surface area contributed by atoms with Gasteiger partial charge in [-0.05, 0) is 44.4 Å². The molecule has 0 aliphatic carbocycles. The number of halogens is 1. The number of nitrogens with two attached hydrogens (primary N) is 1. The van der Waals surface area contributed by atoms with Gasteiger partial charge in [-0.1, -0.05) is 6.07 Å². The standard InChI is InChI=1S/C15H23N3O3S.ClH/c1-3-22(20,21)18-8-6-13(7-9-18)17-15(19)14-10-12(16)5-4-11(14)2;/h4-5,10,13H,3,6-9,16H2,1-2H3,(H,17,19);1H. The minimum Gasteiger partial charge on any atom is -0.399 e. The topological polar surface area (TPSA) is 92.5 Å². The molecule has 1 aromatic rings. The Morgan fingerprint density at radius 3 is 2.52 bits per heavy atom. The van der Waals surface area contributed by atoms with E-state index >= 15 is 0 Å². The second-order valence-electron chi connectivity index (χ2n) is 5.62. The predicted octanol–water partition coefficient (Wildman–Crippen LogP) is 1.54. The Labute approximate surface area is 143 Å². The molecule has 1 aliphatic rings. The monoisotopic (exact) mass is 361 g/mol. The van der Waals surface area contributed by atoms with Gasteiger partial charge in [0.25, 0.3) is 5.91 Å². The Morgan fingerprint density at radius 1 is 1.35 bits per heavy atom. The van der Waals surface area contributed by atoms with Crippen LogP contribution in [0.5, 0.6) is 0 Å². The van der Waals surface area contributed by atoms with E-state index in [2.05, 4.69) is 5.32 Å². The highest BCUT2D eigenvalue weighted by Crippen LogP contribution is 2.17. The molecule has 0 unspecified atom stereocenters. The summed E-state index contributed by atoms with van der Waals surface area (Å²) in [6.45, 7) is 4.42. The summed E-state index contributed by atoms with van der Waals surface area (Å²) in [5.74, 6) is -0.0337. The highest BCUT2D eigenvalue weighted by Gasteiger charge is 2.27. The lowest BCUT2D eigenvalue weighted by Gasteiger charge is -2.31. The zero-order valence-corrected chi connectivity index (χ0v) is 15.0. The SMILES string of the molecule is CCS(=O)(=O)N1CCC(NC(=O)c2cc(N)ccc2C)CC1.Cl. The number of nitrogens with zero attached hydrogens (tertiary/aromatic N) is 1. The van der Waals surface area contributed by atoms with Crippen LogP contribution in [0.25, 0.3) is 0 Å². The molecule has 130 valence electrons. The van der Waals surface area contributed by atoms with E-state index in [-0.39, 0.29) is 30.1 Å². The summed E-state index contributed by atoms with van der Waals surface area (Å²) in [5, 5.41) is 2.98. The van der Waals surface area contributed by atoms with Crippen LogP contribution in [0.1, 0.15) is 35.7 Å². The molecule has 1 amide bonds. The third-order valence-electron chi connectivity index (χ3n) is 4.05. The van der Waals surface area contributed by atoms with E-state index in [1.807, 2.05) is 13.0 Å². The van der Waals surface area contributed by atoms with Gasteiger partial charge in [0.2, 0.25) is 10.0 Å². The van der Waals surface area contributed by atoms with Crippen LogP contribution in [0.4, 0.5) is 5.69 Å². The van der Waals surface area contributed by atoms with Crippen LogP contribution in [0.2, 0.25) is 0 Å². The summed E-state index contributed by atoms with van der Waals surface area (Å²) < 4.78 is 25.1. The summed E-state index contributed by atoms with van der Waals surface area (Å²) in [6, 6.07) is 5.25. The lowest BCUT2D eigenvalue weighted by Crippen LogP contribution is -2.47. The number of amides is 1. The molecule has 0 spiro atoms. The molecule has 23 heavy (non-hydrogen) atoms. The summed E-state index contributed by atoms with van der Waals surface area (Å²) in [7, 11) is -3.13. The van der Waals surface area contributed by atoms with Crippen LogP contribution in [-0.4, -0.2) is 43.5 Å². The predicted molar refractivity (Wildman–Crippen MR) is 94.4 cm³/mol. The normalized spacial score (nSPS) is 16.6.